The zero-order valence-electron chi connectivity index (χ0n) is 18.6. The summed E-state index contributed by atoms with van der Waals surface area (Å²) >= 11 is 0. The molecule has 1 amide bonds. The average molecular weight is 405 g/mol. The van der Waals surface area contributed by atoms with Crippen molar-refractivity contribution in [3.8, 4) is 11.5 Å². The van der Waals surface area contributed by atoms with Crippen molar-refractivity contribution in [1.82, 2.24) is 5.32 Å². The Labute approximate surface area is 173 Å². The minimum absolute atomic E-state index is 0.0228. The fraction of sp³-hybridized carbons (Fsp3) is 0.571. The molecule has 1 aromatic rings. The van der Waals surface area contributed by atoms with Crippen molar-refractivity contribution in [2.75, 3.05) is 13.7 Å². The Kier molecular flexibility index (Phi) is 6.60. The number of hydrogen-bond acceptors (Lipinski definition) is 6. The Morgan fingerprint density at radius 2 is 1.79 bits per heavy atom. The minimum Gasteiger partial charge on any atom is -0.504 e. The van der Waals surface area contributed by atoms with E-state index in [9.17, 15) is 9.90 Å². The van der Waals surface area contributed by atoms with Crippen molar-refractivity contribution in [3.05, 3.63) is 29.2 Å². The predicted octanol–water partition coefficient (Wildman–Crippen LogP) is 3.94. The summed E-state index contributed by atoms with van der Waals surface area (Å²) in [5.41, 5.74) is -0.228. The van der Waals surface area contributed by atoms with Crippen LogP contribution in [-0.4, -0.2) is 48.8 Å². The van der Waals surface area contributed by atoms with Gasteiger partial charge in [0.15, 0.2) is 11.5 Å². The topological polar surface area (TPSA) is 86.3 Å². The number of benzene rings is 1. The first kappa shape index (κ1) is 23.1. The molecule has 2 N–H and O–H groups in total. The highest BCUT2D eigenvalue weighted by Crippen LogP contribution is 2.39. The van der Waals surface area contributed by atoms with E-state index in [4.69, 9.17) is 18.8 Å². The van der Waals surface area contributed by atoms with Gasteiger partial charge in [0.2, 0.25) is 0 Å². The second-order valence-electron chi connectivity index (χ2n) is 9.09. The fourth-order valence-electron chi connectivity index (χ4n) is 2.70. The first-order valence-corrected chi connectivity index (χ1v) is 9.64. The summed E-state index contributed by atoms with van der Waals surface area (Å²) in [7, 11) is 0.838. The van der Waals surface area contributed by atoms with Gasteiger partial charge in [-0.2, -0.15) is 0 Å². The molecule has 8 heteroatoms. The number of rotatable bonds is 5. The Morgan fingerprint density at radius 1 is 1.21 bits per heavy atom. The molecule has 7 nitrogen and oxygen atoms in total. The summed E-state index contributed by atoms with van der Waals surface area (Å²) in [5.74, 6) is 0.404. The molecule has 0 unspecified atom stereocenters. The van der Waals surface area contributed by atoms with Crippen LogP contribution in [0, 0.1) is 0 Å². The number of aromatic hydroxyl groups is 1. The van der Waals surface area contributed by atoms with Crippen LogP contribution in [0.1, 0.15) is 54.0 Å². The van der Waals surface area contributed by atoms with Crippen LogP contribution in [0.25, 0.3) is 6.08 Å². The van der Waals surface area contributed by atoms with Crippen LogP contribution >= 0.6 is 0 Å². The summed E-state index contributed by atoms with van der Waals surface area (Å²) in [6, 6.07) is 5.05. The van der Waals surface area contributed by atoms with Gasteiger partial charge in [0.25, 0.3) is 0 Å². The number of phenolic OH excluding ortho intramolecular Hbond substituents is 1. The van der Waals surface area contributed by atoms with Crippen LogP contribution < -0.4 is 10.1 Å². The molecule has 0 spiro atoms. The van der Waals surface area contributed by atoms with Crippen molar-refractivity contribution in [2.24, 2.45) is 0 Å². The first-order chi connectivity index (χ1) is 13.2. The van der Waals surface area contributed by atoms with E-state index in [0.717, 1.165) is 5.56 Å². The van der Waals surface area contributed by atoms with E-state index in [0.29, 0.717) is 11.2 Å². The highest BCUT2D eigenvalue weighted by atomic mass is 16.7. The number of hydrogen-bond donors (Lipinski definition) is 2. The Bertz CT molecular complexity index is 766. The van der Waals surface area contributed by atoms with Crippen molar-refractivity contribution in [3.63, 3.8) is 0 Å². The number of alkyl carbamates (subject to hydrolysis) is 1. The summed E-state index contributed by atoms with van der Waals surface area (Å²) in [6.07, 6.45) is 1.29. The predicted molar refractivity (Wildman–Crippen MR) is 113 cm³/mol. The molecule has 160 valence electrons. The third-order valence-corrected chi connectivity index (χ3v) is 4.95. The molecule has 1 aliphatic rings. The van der Waals surface area contributed by atoms with Crippen molar-refractivity contribution in [2.45, 2.75) is 65.3 Å². The second kappa shape index (κ2) is 8.28. The van der Waals surface area contributed by atoms with Gasteiger partial charge in [-0.25, -0.2) is 4.79 Å². The SMILES string of the molecule is COc1ccc(C=C(CNC(=O)OC(C)(C)C)B2OC(C)(C)C(C)(C)O2)cc1O. The molecule has 2 rings (SSSR count). The molecule has 0 bridgehead atoms. The van der Waals surface area contributed by atoms with E-state index < -0.39 is 30.0 Å². The molecule has 1 heterocycles. The normalized spacial score (nSPS) is 18.5. The number of methoxy groups -OCH3 is 1. The monoisotopic (exact) mass is 405 g/mol. The number of carbonyl (C=O) groups excluding carboxylic acids is 1. The zero-order valence-corrected chi connectivity index (χ0v) is 18.6. The number of amides is 1. The van der Waals surface area contributed by atoms with Crippen LogP contribution in [0.5, 0.6) is 11.5 Å². The van der Waals surface area contributed by atoms with Gasteiger partial charge in [-0.3, -0.25) is 0 Å². The van der Waals surface area contributed by atoms with E-state index >= 15 is 0 Å². The number of carbonyl (C=O) groups is 1. The lowest BCUT2D eigenvalue weighted by Crippen LogP contribution is -2.41. The summed E-state index contributed by atoms with van der Waals surface area (Å²) in [6.45, 7) is 13.4. The van der Waals surface area contributed by atoms with E-state index in [1.165, 1.54) is 7.11 Å². The van der Waals surface area contributed by atoms with Crippen LogP contribution in [-0.2, 0) is 14.0 Å². The van der Waals surface area contributed by atoms with Gasteiger partial charge in [0.1, 0.15) is 5.60 Å². The van der Waals surface area contributed by atoms with Crippen molar-refractivity contribution >= 4 is 19.3 Å². The molecule has 1 fully saturated rings. The van der Waals surface area contributed by atoms with Crippen molar-refractivity contribution < 1.29 is 28.7 Å². The molecule has 0 saturated carbocycles. The minimum atomic E-state index is -0.654. The maximum absolute atomic E-state index is 12.1. The maximum Gasteiger partial charge on any atom is 0.492 e. The van der Waals surface area contributed by atoms with Crippen LogP contribution in [0.3, 0.4) is 0 Å². The Hall–Kier alpha value is -2.19. The van der Waals surface area contributed by atoms with Gasteiger partial charge < -0.3 is 29.2 Å². The third-order valence-electron chi connectivity index (χ3n) is 4.95. The number of nitrogens with one attached hydrogen (secondary N) is 1. The van der Waals surface area contributed by atoms with Gasteiger partial charge in [-0.05, 0) is 71.6 Å². The zero-order chi connectivity index (χ0) is 22.0. The van der Waals surface area contributed by atoms with E-state index in [1.807, 2.05) is 33.8 Å². The Morgan fingerprint density at radius 3 is 2.28 bits per heavy atom. The molecule has 0 aliphatic carbocycles. The van der Waals surface area contributed by atoms with Crippen molar-refractivity contribution in [1.29, 1.82) is 0 Å². The molecule has 1 saturated heterocycles. The molecule has 29 heavy (non-hydrogen) atoms. The van der Waals surface area contributed by atoms with Crippen LogP contribution in [0.15, 0.2) is 23.7 Å². The quantitative estimate of drug-likeness (QED) is 0.722. The van der Waals surface area contributed by atoms with Gasteiger partial charge in [-0.15, -0.1) is 0 Å². The summed E-state index contributed by atoms with van der Waals surface area (Å²) < 4.78 is 22.7. The standard InChI is InChI=1S/C21H32BNO6/c1-19(2,3)27-18(25)23-13-15(22-28-20(4,5)21(6,7)29-22)11-14-9-10-17(26-8)16(24)12-14/h9-12,24H,13H2,1-8H3,(H,23,25). The molecule has 0 aromatic heterocycles. The summed E-state index contributed by atoms with van der Waals surface area (Å²) in [4.78, 5) is 12.1. The van der Waals surface area contributed by atoms with E-state index in [2.05, 4.69) is 5.32 Å². The second-order valence-corrected chi connectivity index (χ2v) is 9.09. The molecular formula is C21H32BNO6. The lowest BCUT2D eigenvalue weighted by molar-refractivity contribution is 0.00578. The summed E-state index contributed by atoms with van der Waals surface area (Å²) in [5, 5.41) is 12.8. The van der Waals surface area contributed by atoms with Gasteiger partial charge in [0.05, 0.1) is 18.3 Å². The van der Waals surface area contributed by atoms with E-state index in [-0.39, 0.29) is 12.3 Å². The first-order valence-electron chi connectivity index (χ1n) is 9.64. The number of ether oxygens (including phenoxy) is 2. The van der Waals surface area contributed by atoms with Gasteiger partial charge in [-0.1, -0.05) is 12.1 Å². The fourth-order valence-corrected chi connectivity index (χ4v) is 2.70. The Balaban J connectivity index is 2.28. The average Bonchev–Trinajstić information content (AvgIpc) is 2.77. The van der Waals surface area contributed by atoms with Crippen LogP contribution in [0.4, 0.5) is 4.79 Å². The lowest BCUT2D eigenvalue weighted by atomic mass is 9.77. The largest absolute Gasteiger partial charge is 0.504 e. The number of phenols is 1. The van der Waals surface area contributed by atoms with Gasteiger partial charge >= 0.3 is 13.2 Å². The molecule has 0 atom stereocenters. The smallest absolute Gasteiger partial charge is 0.492 e. The van der Waals surface area contributed by atoms with E-state index in [1.54, 1.807) is 39.0 Å². The molecular weight excluding hydrogens is 373 g/mol. The maximum atomic E-state index is 12.1. The molecule has 0 radical (unpaired) electrons. The highest BCUT2D eigenvalue weighted by molar-refractivity contribution is 6.56. The highest BCUT2D eigenvalue weighted by Gasteiger charge is 2.52. The molecule has 1 aliphatic heterocycles. The third kappa shape index (κ3) is 5.90. The molecule has 1 aromatic carbocycles. The van der Waals surface area contributed by atoms with Gasteiger partial charge in [0, 0.05) is 6.54 Å². The lowest BCUT2D eigenvalue weighted by Gasteiger charge is -2.32. The van der Waals surface area contributed by atoms with Crippen LogP contribution in [0.2, 0.25) is 0 Å².